The molecule has 0 atom stereocenters. The number of benzene rings is 2. The molecular weight excluding hydrogens is 462 g/mol. The Kier molecular flexibility index (Phi) is 8.90. The van der Waals surface area contributed by atoms with Gasteiger partial charge in [-0.15, -0.1) is 0 Å². The number of ether oxygens (including phenoxy) is 2. The van der Waals surface area contributed by atoms with E-state index in [1.165, 1.54) is 6.21 Å². The zero-order valence-electron chi connectivity index (χ0n) is 17.1. The first-order valence-electron chi connectivity index (χ1n) is 9.23. The number of nitrogens with one attached hydrogen (secondary N) is 1. The summed E-state index contributed by atoms with van der Waals surface area (Å²) in [5.74, 6) is 0.817. The molecule has 3 aromatic rings. The molecule has 8 heteroatoms. The number of pyridine rings is 1. The van der Waals surface area contributed by atoms with Crippen molar-refractivity contribution in [1.29, 1.82) is 0 Å². The lowest BCUT2D eigenvalue weighted by molar-refractivity contribution is -0.683. The van der Waals surface area contributed by atoms with Crippen LogP contribution in [0.4, 0.5) is 0 Å². The van der Waals surface area contributed by atoms with Crippen molar-refractivity contribution < 1.29 is 40.6 Å². The van der Waals surface area contributed by atoms with Crippen molar-refractivity contribution in [3.63, 3.8) is 0 Å². The summed E-state index contributed by atoms with van der Waals surface area (Å²) in [4.78, 5) is 24.8. The molecule has 0 saturated carbocycles. The van der Waals surface area contributed by atoms with Gasteiger partial charge in [-0.2, -0.15) is 9.67 Å². The van der Waals surface area contributed by atoms with Crippen molar-refractivity contribution in [2.75, 3.05) is 14.2 Å². The Balaban J connectivity index is 0.00000341. The first kappa shape index (κ1) is 23.8. The number of hydrogen-bond donors (Lipinski definition) is 1. The summed E-state index contributed by atoms with van der Waals surface area (Å²) in [6.45, 7) is 0.134. The number of hydrogen-bond acceptors (Lipinski definition) is 5. The van der Waals surface area contributed by atoms with Crippen LogP contribution in [0, 0.1) is 0 Å². The Morgan fingerprint density at radius 2 is 1.74 bits per heavy atom. The highest BCUT2D eigenvalue weighted by molar-refractivity contribution is 5.95. The lowest BCUT2D eigenvalue weighted by atomic mass is 10.1. The zero-order chi connectivity index (χ0) is 21.3. The number of methoxy groups -OCH3 is 2. The molecule has 1 N–H and O–H groups in total. The monoisotopic (exact) mass is 483 g/mol. The van der Waals surface area contributed by atoms with Crippen LogP contribution < -0.4 is 36.4 Å². The van der Waals surface area contributed by atoms with Gasteiger partial charge < -0.3 is 26.5 Å². The van der Waals surface area contributed by atoms with Gasteiger partial charge in [0, 0.05) is 17.2 Å². The van der Waals surface area contributed by atoms with Crippen molar-refractivity contribution >= 4 is 17.9 Å². The minimum atomic E-state index is -0.394. The second kappa shape index (κ2) is 11.6. The van der Waals surface area contributed by atoms with Gasteiger partial charge in [-0.1, -0.05) is 30.3 Å². The van der Waals surface area contributed by atoms with Gasteiger partial charge in [-0.25, -0.2) is 5.43 Å². The average Bonchev–Trinajstić information content (AvgIpc) is 2.79. The van der Waals surface area contributed by atoms with E-state index in [9.17, 15) is 9.59 Å². The highest BCUT2D eigenvalue weighted by Crippen LogP contribution is 2.22. The third-order valence-electron chi connectivity index (χ3n) is 4.35. The zero-order valence-corrected chi connectivity index (χ0v) is 18.7. The summed E-state index contributed by atoms with van der Waals surface area (Å²) in [5, 5.41) is 4.00. The minimum absolute atomic E-state index is 0. The van der Waals surface area contributed by atoms with Crippen LogP contribution in [0.5, 0.6) is 11.5 Å². The summed E-state index contributed by atoms with van der Waals surface area (Å²) in [5.41, 5.74) is 4.15. The molecule has 0 spiro atoms. The number of rotatable bonds is 8. The Labute approximate surface area is 191 Å². The van der Waals surface area contributed by atoms with Crippen LogP contribution in [0.2, 0.25) is 0 Å². The fourth-order valence-electron chi connectivity index (χ4n) is 2.80. The van der Waals surface area contributed by atoms with Gasteiger partial charge >= 0.3 is 0 Å². The minimum Gasteiger partial charge on any atom is -1.00 e. The van der Waals surface area contributed by atoms with E-state index in [1.54, 1.807) is 73.6 Å². The van der Waals surface area contributed by atoms with E-state index in [-0.39, 0.29) is 29.3 Å². The fourth-order valence-corrected chi connectivity index (χ4v) is 2.80. The van der Waals surface area contributed by atoms with Gasteiger partial charge in [0.05, 0.1) is 20.4 Å². The van der Waals surface area contributed by atoms with Crippen molar-refractivity contribution in [3.8, 4) is 11.5 Å². The summed E-state index contributed by atoms with van der Waals surface area (Å²) < 4.78 is 12.1. The first-order valence-corrected chi connectivity index (χ1v) is 9.23. The highest BCUT2D eigenvalue weighted by atomic mass is 79.9. The summed E-state index contributed by atoms with van der Waals surface area (Å²) in [6.07, 6.45) is 4.83. The molecule has 7 nitrogen and oxygen atoms in total. The average molecular weight is 484 g/mol. The largest absolute Gasteiger partial charge is 1.00 e. The standard InChI is InChI=1S/C23H21N3O4.BrH/c1-29-20-10-11-22(30-2)19(13-20)14-24-25-23(28)18-9-6-12-26(15-18)16-21(27)17-7-4-3-5-8-17;/h3-15H,16H2,1-2H3;1H/b24-14+;. The van der Waals surface area contributed by atoms with E-state index in [0.717, 1.165) is 0 Å². The van der Waals surface area contributed by atoms with Crippen LogP contribution in [0.1, 0.15) is 26.3 Å². The smallest absolute Gasteiger partial charge is 0.277 e. The van der Waals surface area contributed by atoms with Gasteiger partial charge in [0.1, 0.15) is 17.1 Å². The van der Waals surface area contributed by atoms with Gasteiger partial charge in [0.2, 0.25) is 12.3 Å². The van der Waals surface area contributed by atoms with Crippen molar-refractivity contribution in [1.82, 2.24) is 5.43 Å². The topological polar surface area (TPSA) is 80.9 Å². The van der Waals surface area contributed by atoms with Crippen LogP contribution in [-0.2, 0) is 6.54 Å². The molecule has 160 valence electrons. The van der Waals surface area contributed by atoms with Crippen LogP contribution in [0.25, 0.3) is 0 Å². The number of hydrazone groups is 1. The maximum Gasteiger partial charge on any atom is 0.277 e. The number of Topliss-reactive ketones (excluding diaryl/α,β-unsaturated/α-hetero) is 1. The molecule has 1 amide bonds. The molecule has 0 unspecified atom stereocenters. The summed E-state index contributed by atoms with van der Waals surface area (Å²) >= 11 is 0. The number of ketones is 1. The molecule has 0 fully saturated rings. The van der Waals surface area contributed by atoms with Crippen molar-refractivity contribution in [2.24, 2.45) is 5.10 Å². The van der Waals surface area contributed by atoms with Crippen molar-refractivity contribution in [3.05, 3.63) is 89.7 Å². The van der Waals surface area contributed by atoms with E-state index in [2.05, 4.69) is 10.5 Å². The fraction of sp³-hybridized carbons (Fsp3) is 0.130. The van der Waals surface area contributed by atoms with E-state index in [4.69, 9.17) is 9.47 Å². The van der Waals surface area contributed by atoms with E-state index >= 15 is 0 Å². The van der Waals surface area contributed by atoms with E-state index in [0.29, 0.717) is 28.2 Å². The first-order chi connectivity index (χ1) is 14.6. The van der Waals surface area contributed by atoms with Gasteiger partial charge in [-0.3, -0.25) is 9.59 Å². The van der Waals surface area contributed by atoms with Crippen LogP contribution in [0.3, 0.4) is 0 Å². The number of aromatic nitrogens is 1. The molecule has 0 radical (unpaired) electrons. The van der Waals surface area contributed by atoms with E-state index < -0.39 is 5.91 Å². The number of carbonyl (C=O) groups is 2. The number of halogens is 1. The van der Waals surface area contributed by atoms with Crippen molar-refractivity contribution in [2.45, 2.75) is 6.54 Å². The second-order valence-corrected chi connectivity index (χ2v) is 6.36. The normalized spacial score (nSPS) is 10.3. The highest BCUT2D eigenvalue weighted by Gasteiger charge is 2.15. The third-order valence-corrected chi connectivity index (χ3v) is 4.35. The maximum absolute atomic E-state index is 12.4. The quantitative estimate of drug-likeness (QED) is 0.205. The number of nitrogens with zero attached hydrogens (tertiary/aromatic N) is 2. The molecule has 0 aliphatic heterocycles. The lowest BCUT2D eigenvalue weighted by Gasteiger charge is -2.06. The maximum atomic E-state index is 12.4. The van der Waals surface area contributed by atoms with Gasteiger partial charge in [-0.05, 0) is 24.3 Å². The molecule has 3 rings (SSSR count). The Morgan fingerprint density at radius 1 is 1.00 bits per heavy atom. The molecule has 0 aliphatic rings. The van der Waals surface area contributed by atoms with Crippen LogP contribution in [-0.4, -0.2) is 32.1 Å². The number of carbonyl (C=O) groups excluding carboxylic acids is 2. The Hall–Kier alpha value is -3.52. The van der Waals surface area contributed by atoms with E-state index in [1.807, 2.05) is 18.2 Å². The molecule has 0 saturated heterocycles. The molecular formula is C23H22BrN3O4. The van der Waals surface area contributed by atoms with Gasteiger partial charge in [0.25, 0.3) is 5.91 Å². The molecule has 0 aliphatic carbocycles. The summed E-state index contributed by atoms with van der Waals surface area (Å²) in [6, 6.07) is 17.7. The Morgan fingerprint density at radius 3 is 2.45 bits per heavy atom. The molecule has 1 aromatic heterocycles. The second-order valence-electron chi connectivity index (χ2n) is 6.36. The summed E-state index contributed by atoms with van der Waals surface area (Å²) in [7, 11) is 3.12. The third kappa shape index (κ3) is 6.48. The van der Waals surface area contributed by atoms with Gasteiger partial charge in [0.15, 0.2) is 12.4 Å². The molecule has 2 aromatic carbocycles. The molecule has 1 heterocycles. The number of amides is 1. The predicted molar refractivity (Wildman–Crippen MR) is 112 cm³/mol. The van der Waals surface area contributed by atoms with Crippen LogP contribution >= 0.6 is 0 Å². The molecule has 0 bridgehead atoms. The SMILES string of the molecule is COc1ccc(OC)c(/C=N/NC(=O)c2ccc[n+](CC(=O)c3ccccc3)c2)c1.[Br-]. The molecule has 31 heavy (non-hydrogen) atoms. The van der Waals surface area contributed by atoms with Crippen LogP contribution in [0.15, 0.2) is 78.2 Å². The Bertz CT molecular complexity index is 1070. The lowest BCUT2D eigenvalue weighted by Crippen LogP contribution is -3.00. The predicted octanol–water partition coefficient (Wildman–Crippen LogP) is -0.358.